The van der Waals surface area contributed by atoms with Gasteiger partial charge in [-0.05, 0) is 39.3 Å². The number of sulfone groups is 1. The van der Waals surface area contributed by atoms with E-state index >= 15 is 0 Å². The summed E-state index contributed by atoms with van der Waals surface area (Å²) in [6.45, 7) is 6.03. The summed E-state index contributed by atoms with van der Waals surface area (Å²) in [5, 5.41) is 7.35. The molecule has 2 N–H and O–H groups in total. The van der Waals surface area contributed by atoms with Crippen molar-refractivity contribution >= 4 is 15.7 Å². The monoisotopic (exact) mass is 462 g/mol. The van der Waals surface area contributed by atoms with E-state index in [2.05, 4.69) is 20.2 Å². The number of hydrogen-bond acceptors (Lipinski definition) is 9. The average Bonchev–Trinajstić information content (AvgIpc) is 3.43. The molecule has 32 heavy (non-hydrogen) atoms. The van der Waals surface area contributed by atoms with Crippen molar-refractivity contribution in [2.45, 2.75) is 43.4 Å². The Labute approximate surface area is 190 Å². The summed E-state index contributed by atoms with van der Waals surface area (Å²) in [6.07, 6.45) is 2.31. The Kier molecular flexibility index (Phi) is 5.78. The van der Waals surface area contributed by atoms with E-state index in [1.807, 2.05) is 0 Å². The Hall–Kier alpha value is -3.18. The third kappa shape index (κ3) is 4.13. The first kappa shape index (κ1) is 22.0. The summed E-state index contributed by atoms with van der Waals surface area (Å²) >= 11 is 0. The lowest BCUT2D eigenvalue weighted by atomic mass is 10.1. The molecule has 0 saturated carbocycles. The van der Waals surface area contributed by atoms with E-state index in [1.165, 1.54) is 0 Å². The molecule has 0 aliphatic carbocycles. The number of hydrogen-bond donors (Lipinski definition) is 1. The van der Waals surface area contributed by atoms with Gasteiger partial charge in [-0.3, -0.25) is 9.78 Å². The van der Waals surface area contributed by atoms with Crippen LogP contribution in [0.15, 0.2) is 39.8 Å². The van der Waals surface area contributed by atoms with E-state index in [9.17, 15) is 13.2 Å². The maximum absolute atomic E-state index is 12.6. The second-order valence-electron chi connectivity index (χ2n) is 8.02. The summed E-state index contributed by atoms with van der Waals surface area (Å²) < 4.78 is 30.3. The number of amides is 1. The first-order valence-corrected chi connectivity index (χ1v) is 11.8. The smallest absolute Gasteiger partial charge is 0.311 e. The number of carbonyl (C=O) groups is 1. The van der Waals surface area contributed by atoms with E-state index in [-0.39, 0.29) is 32.9 Å². The Morgan fingerprint density at radius 1 is 1.25 bits per heavy atom. The van der Waals surface area contributed by atoms with Crippen molar-refractivity contribution < 1.29 is 21.9 Å². The van der Waals surface area contributed by atoms with Crippen LogP contribution < -0.4 is 5.73 Å². The van der Waals surface area contributed by atoms with Crippen LogP contribution in [0.5, 0.6) is 0 Å². The third-order valence-corrected chi connectivity index (χ3v) is 7.55. The topological polar surface area (TPSA) is 145 Å². The molecule has 0 bridgehead atoms. The lowest BCUT2D eigenvalue weighted by Crippen LogP contribution is -2.32. The van der Waals surface area contributed by atoms with Gasteiger partial charge in [-0.1, -0.05) is 12.1 Å². The van der Waals surface area contributed by atoms with Gasteiger partial charge in [0.15, 0.2) is 9.84 Å². The Morgan fingerprint density at radius 3 is 2.59 bits per heavy atom. The zero-order valence-corrected chi connectivity index (χ0v) is 18.8. The molecule has 3 heterocycles. The number of aryl methyl sites for hydroxylation is 1. The standard InChI is InChI=1S/C21H24N6O4S.3H2/c1-12(2)32(29,30)16-6-4-14(5-7-16)17-10-23-13(3)18(24-17)19-25-26-20(31-19)21(28)27-9-8-15(22)11-27;;;/h4-7,10,12,15H,8-9,11,22H2,1-3H3;3*1H. The molecule has 4 rings (SSSR count). The summed E-state index contributed by atoms with van der Waals surface area (Å²) in [6, 6.07) is 6.41. The highest BCUT2D eigenvalue weighted by molar-refractivity contribution is 7.92. The van der Waals surface area contributed by atoms with Crippen LogP contribution in [0.2, 0.25) is 0 Å². The maximum atomic E-state index is 12.6. The molecule has 174 valence electrons. The van der Waals surface area contributed by atoms with Gasteiger partial charge in [-0.2, -0.15) is 0 Å². The second kappa shape index (κ2) is 8.40. The van der Waals surface area contributed by atoms with Crippen molar-refractivity contribution in [3.05, 3.63) is 42.0 Å². The number of carbonyl (C=O) groups excluding carboxylic acids is 1. The quantitative estimate of drug-likeness (QED) is 0.604. The highest BCUT2D eigenvalue weighted by Crippen LogP contribution is 2.26. The summed E-state index contributed by atoms with van der Waals surface area (Å²) in [5.41, 5.74) is 7.97. The molecular formula is C21H30N6O4S. The van der Waals surface area contributed by atoms with Crippen LogP contribution in [-0.4, -0.2) is 63.8 Å². The molecule has 11 heteroatoms. The summed E-state index contributed by atoms with van der Waals surface area (Å²) in [7, 11) is -3.36. The molecule has 1 aromatic carbocycles. The van der Waals surface area contributed by atoms with Crippen LogP contribution in [0, 0.1) is 6.92 Å². The van der Waals surface area contributed by atoms with Crippen LogP contribution in [-0.2, 0) is 9.84 Å². The van der Waals surface area contributed by atoms with Gasteiger partial charge in [-0.25, -0.2) is 13.4 Å². The first-order valence-electron chi connectivity index (χ1n) is 10.2. The molecule has 1 unspecified atom stereocenters. The van der Waals surface area contributed by atoms with Gasteiger partial charge in [0.25, 0.3) is 5.89 Å². The molecule has 0 spiro atoms. The predicted molar refractivity (Wildman–Crippen MR) is 123 cm³/mol. The first-order chi connectivity index (χ1) is 15.2. The van der Waals surface area contributed by atoms with E-state index in [1.54, 1.807) is 56.1 Å². The number of aromatic nitrogens is 4. The highest BCUT2D eigenvalue weighted by Gasteiger charge is 2.29. The van der Waals surface area contributed by atoms with Crippen LogP contribution in [0.3, 0.4) is 0 Å². The Morgan fingerprint density at radius 2 is 1.97 bits per heavy atom. The fraction of sp³-hybridized carbons (Fsp3) is 0.381. The number of nitrogens with two attached hydrogens (primary N) is 1. The lowest BCUT2D eigenvalue weighted by molar-refractivity contribution is 0.0752. The van der Waals surface area contributed by atoms with Crippen molar-refractivity contribution in [2.75, 3.05) is 13.1 Å². The molecule has 1 aliphatic heterocycles. The molecule has 1 saturated heterocycles. The van der Waals surface area contributed by atoms with E-state index in [0.717, 1.165) is 6.42 Å². The van der Waals surface area contributed by atoms with E-state index in [0.29, 0.717) is 35.7 Å². The minimum absolute atomic E-state index is 0. The van der Waals surface area contributed by atoms with Gasteiger partial charge in [0.2, 0.25) is 0 Å². The van der Waals surface area contributed by atoms with Crippen molar-refractivity contribution in [2.24, 2.45) is 5.73 Å². The van der Waals surface area contributed by atoms with Crippen LogP contribution in [0.25, 0.3) is 22.8 Å². The zero-order valence-electron chi connectivity index (χ0n) is 18.0. The molecule has 2 aromatic heterocycles. The number of rotatable bonds is 5. The van der Waals surface area contributed by atoms with Crippen molar-refractivity contribution in [3.8, 4) is 22.8 Å². The van der Waals surface area contributed by atoms with Crippen LogP contribution in [0.1, 0.15) is 40.9 Å². The Balaban J connectivity index is 0.00000204. The molecule has 10 nitrogen and oxygen atoms in total. The zero-order chi connectivity index (χ0) is 23.0. The molecule has 1 amide bonds. The van der Waals surface area contributed by atoms with Gasteiger partial charge in [-0.15, -0.1) is 10.2 Å². The van der Waals surface area contributed by atoms with E-state index < -0.39 is 15.1 Å². The SMILES string of the molecule is Cc1ncc(-c2ccc(S(=O)(=O)C(C)C)cc2)nc1-c1nnc(C(=O)N2CCC(N)C2)o1.[HH].[HH].[HH]. The van der Waals surface area contributed by atoms with Gasteiger partial charge in [0.1, 0.15) is 5.69 Å². The van der Waals surface area contributed by atoms with Crippen LogP contribution in [0.4, 0.5) is 0 Å². The minimum atomic E-state index is -3.36. The largest absolute Gasteiger partial charge is 0.411 e. The average molecular weight is 463 g/mol. The molecule has 3 aromatic rings. The number of likely N-dealkylation sites (tertiary alicyclic amines) is 1. The van der Waals surface area contributed by atoms with Crippen LogP contribution >= 0.6 is 0 Å². The molecule has 1 fully saturated rings. The molecule has 1 atom stereocenters. The van der Waals surface area contributed by atoms with Gasteiger partial charge < -0.3 is 15.1 Å². The van der Waals surface area contributed by atoms with Gasteiger partial charge in [0.05, 0.1) is 27.7 Å². The van der Waals surface area contributed by atoms with Crippen molar-refractivity contribution in [3.63, 3.8) is 0 Å². The lowest BCUT2D eigenvalue weighted by Gasteiger charge is -2.12. The summed E-state index contributed by atoms with van der Waals surface area (Å²) in [5.74, 6) is -0.396. The highest BCUT2D eigenvalue weighted by atomic mass is 32.2. The van der Waals surface area contributed by atoms with Crippen molar-refractivity contribution in [1.82, 2.24) is 25.1 Å². The normalized spacial score (nSPS) is 16.7. The molecule has 0 radical (unpaired) electrons. The van der Waals surface area contributed by atoms with Gasteiger partial charge >= 0.3 is 11.8 Å². The third-order valence-electron chi connectivity index (χ3n) is 5.38. The predicted octanol–water partition coefficient (Wildman–Crippen LogP) is 2.60. The molecule has 1 aliphatic rings. The summed E-state index contributed by atoms with van der Waals surface area (Å²) in [4.78, 5) is 23.3. The molecular weight excluding hydrogens is 432 g/mol. The second-order valence-corrected chi connectivity index (χ2v) is 10.5. The van der Waals surface area contributed by atoms with Gasteiger partial charge in [0, 0.05) is 29.0 Å². The van der Waals surface area contributed by atoms with Crippen molar-refractivity contribution in [1.29, 1.82) is 0 Å². The Bertz CT molecular complexity index is 1270. The fourth-order valence-electron chi connectivity index (χ4n) is 3.39. The minimum Gasteiger partial charge on any atom is -0.411 e. The fourth-order valence-corrected chi connectivity index (χ4v) is 4.45. The number of nitrogens with zero attached hydrogens (tertiary/aromatic N) is 5. The van der Waals surface area contributed by atoms with E-state index in [4.69, 9.17) is 10.2 Å². The number of benzene rings is 1. The maximum Gasteiger partial charge on any atom is 0.311 e.